The van der Waals surface area contributed by atoms with Gasteiger partial charge in [-0.2, -0.15) is 0 Å². The molecule has 0 unspecified atom stereocenters. The van der Waals surface area contributed by atoms with E-state index in [0.29, 0.717) is 13.1 Å². The van der Waals surface area contributed by atoms with Crippen LogP contribution >= 0.6 is 35.3 Å². The standard InChI is InChI=1S/C17H30N6OS.HI/c1-5-14-10-19-16(25-14)11-20-17(18-4)23-8-6-22(7-9-23)12-15(24)21-13(2)3;/h10,13H,5-9,11-12H2,1-4H3,(H,18,20)(H,21,24);1H. The van der Waals surface area contributed by atoms with Crippen LogP contribution in [0, 0.1) is 0 Å². The fraction of sp³-hybridized carbons (Fsp3) is 0.706. The van der Waals surface area contributed by atoms with Gasteiger partial charge < -0.3 is 15.5 Å². The smallest absolute Gasteiger partial charge is 0.234 e. The highest BCUT2D eigenvalue weighted by Gasteiger charge is 2.21. The van der Waals surface area contributed by atoms with Gasteiger partial charge in [0.25, 0.3) is 0 Å². The van der Waals surface area contributed by atoms with E-state index in [0.717, 1.165) is 43.6 Å². The van der Waals surface area contributed by atoms with E-state index in [1.807, 2.05) is 27.1 Å². The van der Waals surface area contributed by atoms with Crippen molar-refractivity contribution in [1.29, 1.82) is 0 Å². The average Bonchev–Trinajstić information content (AvgIpc) is 3.04. The van der Waals surface area contributed by atoms with Crippen LogP contribution in [0.4, 0.5) is 0 Å². The van der Waals surface area contributed by atoms with Crippen molar-refractivity contribution in [1.82, 2.24) is 25.4 Å². The molecular weight excluding hydrogens is 463 g/mol. The highest BCUT2D eigenvalue weighted by Crippen LogP contribution is 2.13. The lowest BCUT2D eigenvalue weighted by atomic mass is 10.3. The van der Waals surface area contributed by atoms with Crippen molar-refractivity contribution >= 4 is 47.2 Å². The van der Waals surface area contributed by atoms with E-state index in [9.17, 15) is 4.79 Å². The molecule has 148 valence electrons. The molecule has 7 nitrogen and oxygen atoms in total. The van der Waals surface area contributed by atoms with Crippen LogP contribution in [0.25, 0.3) is 0 Å². The molecule has 0 aliphatic carbocycles. The Morgan fingerprint density at radius 3 is 2.58 bits per heavy atom. The van der Waals surface area contributed by atoms with Gasteiger partial charge in [0.05, 0.1) is 13.1 Å². The first kappa shape index (κ1) is 23.1. The molecule has 0 radical (unpaired) electrons. The molecule has 1 amide bonds. The molecule has 0 saturated carbocycles. The van der Waals surface area contributed by atoms with Gasteiger partial charge in [0.15, 0.2) is 5.96 Å². The van der Waals surface area contributed by atoms with Gasteiger partial charge in [0.2, 0.25) is 5.91 Å². The first-order chi connectivity index (χ1) is 12.0. The summed E-state index contributed by atoms with van der Waals surface area (Å²) in [7, 11) is 1.81. The van der Waals surface area contributed by atoms with Crippen LogP contribution in [0.3, 0.4) is 0 Å². The highest BCUT2D eigenvalue weighted by atomic mass is 127. The van der Waals surface area contributed by atoms with Crippen molar-refractivity contribution in [2.75, 3.05) is 39.8 Å². The number of piperazine rings is 1. The molecule has 0 aromatic carbocycles. The Bertz CT molecular complexity index is 584. The minimum atomic E-state index is 0. The predicted molar refractivity (Wildman–Crippen MR) is 118 cm³/mol. The van der Waals surface area contributed by atoms with Crippen molar-refractivity contribution in [3.05, 3.63) is 16.1 Å². The SMILES string of the molecule is CCc1cnc(CNC(=NC)N2CCN(CC(=O)NC(C)C)CC2)s1.I. The lowest BCUT2D eigenvalue weighted by Gasteiger charge is -2.36. The minimum absolute atomic E-state index is 0. The number of hydrogen-bond donors (Lipinski definition) is 2. The number of nitrogens with zero attached hydrogens (tertiary/aromatic N) is 4. The van der Waals surface area contributed by atoms with Gasteiger partial charge in [-0.15, -0.1) is 35.3 Å². The third kappa shape index (κ3) is 7.36. The summed E-state index contributed by atoms with van der Waals surface area (Å²) in [6.07, 6.45) is 2.98. The van der Waals surface area contributed by atoms with Crippen LogP contribution < -0.4 is 10.6 Å². The Balaban J connectivity index is 0.00000338. The quantitative estimate of drug-likeness (QED) is 0.357. The predicted octanol–water partition coefficient (Wildman–Crippen LogP) is 1.54. The molecule has 1 aliphatic rings. The van der Waals surface area contributed by atoms with E-state index >= 15 is 0 Å². The first-order valence-electron chi connectivity index (χ1n) is 8.92. The monoisotopic (exact) mass is 494 g/mol. The summed E-state index contributed by atoms with van der Waals surface area (Å²) in [5.74, 6) is 1.00. The van der Waals surface area contributed by atoms with Crippen LogP contribution in [0.1, 0.15) is 30.7 Å². The highest BCUT2D eigenvalue weighted by molar-refractivity contribution is 14.0. The van der Waals surface area contributed by atoms with E-state index in [-0.39, 0.29) is 35.9 Å². The first-order valence-corrected chi connectivity index (χ1v) is 9.74. The summed E-state index contributed by atoms with van der Waals surface area (Å²) >= 11 is 1.74. The summed E-state index contributed by atoms with van der Waals surface area (Å²) in [4.78, 5) is 26.4. The molecule has 2 heterocycles. The Hall–Kier alpha value is -0.940. The number of nitrogens with one attached hydrogen (secondary N) is 2. The molecule has 2 N–H and O–H groups in total. The third-order valence-corrected chi connectivity index (χ3v) is 5.19. The molecule has 0 bridgehead atoms. The fourth-order valence-corrected chi connectivity index (χ4v) is 3.57. The maximum Gasteiger partial charge on any atom is 0.234 e. The van der Waals surface area contributed by atoms with Gasteiger partial charge in [-0.1, -0.05) is 6.92 Å². The second-order valence-electron chi connectivity index (χ2n) is 6.46. The summed E-state index contributed by atoms with van der Waals surface area (Å²) in [5.41, 5.74) is 0. The van der Waals surface area contributed by atoms with E-state index in [1.165, 1.54) is 4.88 Å². The molecule has 1 saturated heterocycles. The zero-order valence-corrected chi connectivity index (χ0v) is 19.3. The van der Waals surface area contributed by atoms with Gasteiger partial charge in [-0.3, -0.25) is 14.7 Å². The number of aromatic nitrogens is 1. The summed E-state index contributed by atoms with van der Waals surface area (Å²) in [6.45, 7) is 10.7. The topological polar surface area (TPSA) is 72.9 Å². The zero-order chi connectivity index (χ0) is 18.2. The molecule has 1 fully saturated rings. The van der Waals surface area contributed by atoms with E-state index < -0.39 is 0 Å². The Morgan fingerprint density at radius 1 is 1.35 bits per heavy atom. The summed E-state index contributed by atoms with van der Waals surface area (Å²) in [6, 6.07) is 0.191. The van der Waals surface area contributed by atoms with Crippen molar-refractivity contribution in [3.63, 3.8) is 0 Å². The van der Waals surface area contributed by atoms with Gasteiger partial charge >= 0.3 is 0 Å². The maximum absolute atomic E-state index is 11.9. The van der Waals surface area contributed by atoms with E-state index in [2.05, 4.69) is 37.3 Å². The van der Waals surface area contributed by atoms with E-state index in [4.69, 9.17) is 0 Å². The second-order valence-corrected chi connectivity index (χ2v) is 7.66. The number of guanidine groups is 1. The number of amides is 1. The van der Waals surface area contributed by atoms with Crippen LogP contribution in [-0.4, -0.2) is 72.5 Å². The molecule has 1 aromatic heterocycles. The number of carbonyl (C=O) groups is 1. The number of aryl methyl sites for hydroxylation is 1. The lowest BCUT2D eigenvalue weighted by Crippen LogP contribution is -2.54. The second kappa shape index (κ2) is 11.7. The lowest BCUT2D eigenvalue weighted by molar-refractivity contribution is -0.123. The number of hydrogen-bond acceptors (Lipinski definition) is 5. The van der Waals surface area contributed by atoms with Crippen molar-refractivity contribution in [3.8, 4) is 0 Å². The van der Waals surface area contributed by atoms with Gasteiger partial charge in [0, 0.05) is 50.3 Å². The van der Waals surface area contributed by atoms with Gasteiger partial charge in [0.1, 0.15) is 5.01 Å². The summed E-state index contributed by atoms with van der Waals surface area (Å²) < 4.78 is 0. The van der Waals surface area contributed by atoms with Crippen LogP contribution in [0.2, 0.25) is 0 Å². The van der Waals surface area contributed by atoms with Crippen molar-refractivity contribution in [2.24, 2.45) is 4.99 Å². The normalized spacial score (nSPS) is 15.7. The molecule has 2 rings (SSSR count). The van der Waals surface area contributed by atoms with Crippen molar-refractivity contribution in [2.45, 2.75) is 39.8 Å². The van der Waals surface area contributed by atoms with Gasteiger partial charge in [-0.05, 0) is 20.3 Å². The Labute approximate surface area is 177 Å². The minimum Gasteiger partial charge on any atom is -0.353 e. The number of halogens is 1. The number of aliphatic imine (C=N–C) groups is 1. The number of carbonyl (C=O) groups excluding carboxylic acids is 1. The average molecular weight is 494 g/mol. The molecule has 0 spiro atoms. The van der Waals surface area contributed by atoms with Crippen LogP contribution in [0.5, 0.6) is 0 Å². The molecule has 9 heteroatoms. The van der Waals surface area contributed by atoms with Gasteiger partial charge in [-0.25, -0.2) is 4.98 Å². The van der Waals surface area contributed by atoms with E-state index in [1.54, 1.807) is 11.3 Å². The summed E-state index contributed by atoms with van der Waals surface area (Å²) in [5, 5.41) is 7.43. The number of rotatable bonds is 6. The molecule has 26 heavy (non-hydrogen) atoms. The molecule has 1 aliphatic heterocycles. The van der Waals surface area contributed by atoms with Crippen molar-refractivity contribution < 1.29 is 4.79 Å². The van der Waals surface area contributed by atoms with Crippen LogP contribution in [0.15, 0.2) is 11.2 Å². The maximum atomic E-state index is 11.9. The molecular formula is C17H31IN6OS. The third-order valence-electron chi connectivity index (χ3n) is 4.05. The number of thiazole rings is 1. The fourth-order valence-electron chi connectivity index (χ4n) is 2.77. The Kier molecular flexibility index (Phi) is 10.4. The van der Waals surface area contributed by atoms with Crippen LogP contribution in [-0.2, 0) is 17.8 Å². The largest absolute Gasteiger partial charge is 0.353 e. The molecule has 1 aromatic rings. The molecule has 0 atom stereocenters. The Morgan fingerprint density at radius 2 is 2.04 bits per heavy atom. The zero-order valence-electron chi connectivity index (χ0n) is 16.1.